The summed E-state index contributed by atoms with van der Waals surface area (Å²) >= 11 is 0. The topological polar surface area (TPSA) is 93.7 Å². The monoisotopic (exact) mass is 384 g/mol. The van der Waals surface area contributed by atoms with Gasteiger partial charge in [-0.3, -0.25) is 25.2 Å². The van der Waals surface area contributed by atoms with E-state index in [-0.39, 0.29) is 24.7 Å². The van der Waals surface area contributed by atoms with Crippen LogP contribution in [0.5, 0.6) is 11.5 Å². The van der Waals surface area contributed by atoms with Crippen LogP contribution in [0.3, 0.4) is 0 Å². The first-order valence-corrected chi connectivity index (χ1v) is 8.95. The highest BCUT2D eigenvalue weighted by Gasteiger charge is 2.06. The van der Waals surface area contributed by atoms with E-state index in [0.717, 1.165) is 5.56 Å². The zero-order chi connectivity index (χ0) is 20.4. The summed E-state index contributed by atoms with van der Waals surface area (Å²) in [5, 5.41) is 0. The minimum Gasteiger partial charge on any atom is -0.494 e. The Bertz CT molecular complexity index is 818. The molecule has 2 amide bonds. The number of amides is 2. The van der Waals surface area contributed by atoms with E-state index in [4.69, 9.17) is 9.47 Å². The molecule has 2 aromatic rings. The van der Waals surface area contributed by atoms with Crippen molar-refractivity contribution in [3.63, 3.8) is 0 Å². The second kappa shape index (κ2) is 10.7. The lowest BCUT2D eigenvalue weighted by Gasteiger charge is -2.10. The molecule has 0 fully saturated rings. The quantitative estimate of drug-likeness (QED) is 0.394. The van der Waals surface area contributed by atoms with Crippen LogP contribution in [0.15, 0.2) is 48.5 Å². The molecule has 0 aliphatic rings. The lowest BCUT2D eigenvalue weighted by Crippen LogP contribution is -2.43. The minimum absolute atomic E-state index is 0.00505. The molecule has 0 aromatic heterocycles. The number of ether oxygens (including phenoxy) is 2. The van der Waals surface area contributed by atoms with Crippen LogP contribution in [0.25, 0.3) is 0 Å². The van der Waals surface area contributed by atoms with E-state index < -0.39 is 5.91 Å². The van der Waals surface area contributed by atoms with Crippen molar-refractivity contribution in [3.8, 4) is 11.5 Å². The maximum atomic E-state index is 11.7. The normalized spacial score (nSPS) is 10.1. The van der Waals surface area contributed by atoms with Crippen LogP contribution in [0, 0.1) is 6.92 Å². The molecule has 2 N–H and O–H groups in total. The van der Waals surface area contributed by atoms with E-state index in [2.05, 4.69) is 10.9 Å². The van der Waals surface area contributed by atoms with Crippen molar-refractivity contribution < 1.29 is 23.9 Å². The molecule has 2 rings (SSSR count). The molecule has 0 bridgehead atoms. The van der Waals surface area contributed by atoms with Crippen molar-refractivity contribution in [1.82, 2.24) is 10.9 Å². The number of aryl methyl sites for hydroxylation is 1. The highest BCUT2D eigenvalue weighted by Crippen LogP contribution is 2.13. The number of nitrogens with one attached hydrogen (secondary N) is 2. The highest BCUT2D eigenvalue weighted by atomic mass is 16.5. The van der Waals surface area contributed by atoms with Gasteiger partial charge in [0, 0.05) is 12.0 Å². The zero-order valence-electron chi connectivity index (χ0n) is 16.0. The van der Waals surface area contributed by atoms with Crippen LogP contribution in [-0.2, 0) is 9.59 Å². The van der Waals surface area contributed by atoms with Gasteiger partial charge in [0.25, 0.3) is 5.91 Å². The third-order valence-corrected chi connectivity index (χ3v) is 3.78. The van der Waals surface area contributed by atoms with Gasteiger partial charge in [-0.1, -0.05) is 12.1 Å². The molecule has 2 aromatic carbocycles. The number of hydrogen-bond donors (Lipinski definition) is 2. The van der Waals surface area contributed by atoms with E-state index in [1.165, 1.54) is 6.92 Å². The SMILES string of the molecule is CC(=O)c1ccc(OCCCC(=O)NNC(=O)COc2cccc(C)c2)cc1. The molecular weight excluding hydrogens is 360 g/mol. The van der Waals surface area contributed by atoms with Gasteiger partial charge in [-0.2, -0.15) is 0 Å². The number of hydrazine groups is 1. The smallest absolute Gasteiger partial charge is 0.276 e. The zero-order valence-corrected chi connectivity index (χ0v) is 16.0. The number of benzene rings is 2. The molecule has 7 nitrogen and oxygen atoms in total. The first-order valence-electron chi connectivity index (χ1n) is 8.95. The Labute approximate surface area is 164 Å². The van der Waals surface area contributed by atoms with Crippen LogP contribution < -0.4 is 20.3 Å². The van der Waals surface area contributed by atoms with Crippen LogP contribution in [0.1, 0.15) is 35.7 Å². The molecule has 148 valence electrons. The van der Waals surface area contributed by atoms with Crippen LogP contribution >= 0.6 is 0 Å². The van der Waals surface area contributed by atoms with Gasteiger partial charge >= 0.3 is 0 Å². The number of rotatable bonds is 9. The van der Waals surface area contributed by atoms with Crippen LogP contribution in [0.4, 0.5) is 0 Å². The van der Waals surface area contributed by atoms with Gasteiger partial charge in [0.15, 0.2) is 12.4 Å². The summed E-state index contributed by atoms with van der Waals surface area (Å²) < 4.78 is 10.9. The van der Waals surface area contributed by atoms with Gasteiger partial charge in [-0.25, -0.2) is 0 Å². The number of carbonyl (C=O) groups is 3. The lowest BCUT2D eigenvalue weighted by atomic mass is 10.1. The molecule has 0 unspecified atom stereocenters. The summed E-state index contributed by atoms with van der Waals surface area (Å²) in [6.07, 6.45) is 0.681. The molecule has 0 saturated heterocycles. The van der Waals surface area contributed by atoms with Crippen molar-refractivity contribution in [3.05, 3.63) is 59.7 Å². The summed E-state index contributed by atoms with van der Waals surface area (Å²) in [6, 6.07) is 14.2. The minimum atomic E-state index is -0.448. The van der Waals surface area contributed by atoms with Crippen molar-refractivity contribution in [2.45, 2.75) is 26.7 Å². The maximum absolute atomic E-state index is 11.7. The summed E-state index contributed by atoms with van der Waals surface area (Å²) in [7, 11) is 0. The summed E-state index contributed by atoms with van der Waals surface area (Å²) in [4.78, 5) is 34.6. The fraction of sp³-hybridized carbons (Fsp3) is 0.286. The molecule has 0 heterocycles. The first-order chi connectivity index (χ1) is 13.4. The predicted octanol–water partition coefficient (Wildman–Crippen LogP) is 2.58. The molecule has 0 spiro atoms. The van der Waals surface area contributed by atoms with E-state index in [1.54, 1.807) is 30.3 Å². The van der Waals surface area contributed by atoms with Crippen LogP contribution in [0.2, 0.25) is 0 Å². The van der Waals surface area contributed by atoms with E-state index in [1.807, 2.05) is 25.1 Å². The van der Waals surface area contributed by atoms with Gasteiger partial charge in [0.2, 0.25) is 5.91 Å². The predicted molar refractivity (Wildman–Crippen MR) is 104 cm³/mol. The second-order valence-electron chi connectivity index (χ2n) is 6.23. The molecular formula is C21H24N2O5. The van der Waals surface area contributed by atoms with Crippen LogP contribution in [-0.4, -0.2) is 30.8 Å². The Morgan fingerprint density at radius 1 is 0.893 bits per heavy atom. The molecule has 0 atom stereocenters. The van der Waals surface area contributed by atoms with Gasteiger partial charge in [0.05, 0.1) is 6.61 Å². The maximum Gasteiger partial charge on any atom is 0.276 e. The summed E-state index contributed by atoms with van der Waals surface area (Å²) in [6.45, 7) is 3.58. The molecule has 7 heteroatoms. The molecule has 28 heavy (non-hydrogen) atoms. The molecule has 0 saturated carbocycles. The number of carbonyl (C=O) groups excluding carboxylic acids is 3. The molecule has 0 aliphatic heterocycles. The Morgan fingerprint density at radius 2 is 1.61 bits per heavy atom. The van der Waals surface area contributed by atoms with Gasteiger partial charge in [0.1, 0.15) is 11.5 Å². The lowest BCUT2D eigenvalue weighted by molar-refractivity contribution is -0.130. The summed E-state index contributed by atoms with van der Waals surface area (Å²) in [5.41, 5.74) is 6.29. The molecule has 0 radical (unpaired) electrons. The Kier molecular flexibility index (Phi) is 8.02. The Balaban J connectivity index is 1.58. The van der Waals surface area contributed by atoms with E-state index in [9.17, 15) is 14.4 Å². The van der Waals surface area contributed by atoms with E-state index in [0.29, 0.717) is 30.1 Å². The fourth-order valence-electron chi connectivity index (χ4n) is 2.30. The van der Waals surface area contributed by atoms with Gasteiger partial charge < -0.3 is 9.47 Å². The fourth-order valence-corrected chi connectivity index (χ4v) is 2.30. The molecule has 0 aliphatic carbocycles. The third kappa shape index (κ3) is 7.49. The standard InChI is InChI=1S/C21H24N2O5/c1-15-5-3-6-19(13-15)28-14-21(26)23-22-20(25)7-4-12-27-18-10-8-17(9-11-18)16(2)24/h3,5-6,8-11,13H,4,7,12,14H2,1-2H3,(H,22,25)(H,23,26). The van der Waals surface area contributed by atoms with Crippen molar-refractivity contribution in [2.24, 2.45) is 0 Å². The Hall–Kier alpha value is -3.35. The van der Waals surface area contributed by atoms with Crippen molar-refractivity contribution >= 4 is 17.6 Å². The van der Waals surface area contributed by atoms with E-state index >= 15 is 0 Å². The number of hydrogen-bond acceptors (Lipinski definition) is 5. The Morgan fingerprint density at radius 3 is 2.29 bits per heavy atom. The average Bonchev–Trinajstić information content (AvgIpc) is 2.68. The summed E-state index contributed by atoms with van der Waals surface area (Å²) in [5.74, 6) is 0.452. The van der Waals surface area contributed by atoms with Crippen molar-refractivity contribution in [1.29, 1.82) is 0 Å². The number of Topliss-reactive ketones (excluding diaryl/α,β-unsaturated/α-hetero) is 1. The second-order valence-corrected chi connectivity index (χ2v) is 6.23. The third-order valence-electron chi connectivity index (χ3n) is 3.78. The average molecular weight is 384 g/mol. The highest BCUT2D eigenvalue weighted by molar-refractivity contribution is 5.94. The first kappa shape index (κ1) is 21.0. The largest absolute Gasteiger partial charge is 0.494 e. The van der Waals surface area contributed by atoms with Gasteiger partial charge in [-0.05, 0) is 62.2 Å². The van der Waals surface area contributed by atoms with Gasteiger partial charge in [-0.15, -0.1) is 0 Å². The van der Waals surface area contributed by atoms with Crippen molar-refractivity contribution in [2.75, 3.05) is 13.2 Å². The number of ketones is 1.